The van der Waals surface area contributed by atoms with E-state index in [0.717, 1.165) is 50.4 Å². The molecule has 0 N–H and O–H groups in total. The van der Waals surface area contributed by atoms with Crippen LogP contribution in [0.15, 0.2) is 12.3 Å². The third-order valence-corrected chi connectivity index (χ3v) is 2.73. The van der Waals surface area contributed by atoms with Crippen molar-refractivity contribution in [1.82, 2.24) is 4.98 Å². The Morgan fingerprint density at radius 3 is 3.06 bits per heavy atom. The van der Waals surface area contributed by atoms with Crippen LogP contribution in [-0.2, 0) is 4.74 Å². The molecule has 0 spiro atoms. The van der Waals surface area contributed by atoms with Crippen LogP contribution in [0, 0.1) is 6.92 Å². The van der Waals surface area contributed by atoms with E-state index >= 15 is 0 Å². The monoisotopic (exact) mass is 220 g/mol. The molecule has 1 aromatic rings. The van der Waals surface area contributed by atoms with Crippen molar-refractivity contribution in [2.45, 2.75) is 13.3 Å². The molecule has 0 atom stereocenters. The van der Waals surface area contributed by atoms with Gasteiger partial charge in [-0.3, -0.25) is 4.79 Å². The molecule has 2 heterocycles. The van der Waals surface area contributed by atoms with Gasteiger partial charge in [-0.15, -0.1) is 0 Å². The average Bonchev–Trinajstić information content (AvgIpc) is 2.57. The first-order valence-electron chi connectivity index (χ1n) is 5.56. The minimum atomic E-state index is 0.632. The lowest BCUT2D eigenvalue weighted by atomic mass is 10.2. The number of aldehydes is 1. The number of rotatable bonds is 2. The quantitative estimate of drug-likeness (QED) is 0.707. The summed E-state index contributed by atoms with van der Waals surface area (Å²) in [5.74, 6) is 0.969. The summed E-state index contributed by atoms with van der Waals surface area (Å²) in [5, 5.41) is 0. The molecular weight excluding hydrogens is 204 g/mol. The number of anilines is 1. The summed E-state index contributed by atoms with van der Waals surface area (Å²) in [5.41, 5.74) is 1.68. The summed E-state index contributed by atoms with van der Waals surface area (Å²) >= 11 is 0. The number of hydrogen-bond acceptors (Lipinski definition) is 4. The highest BCUT2D eigenvalue weighted by molar-refractivity contribution is 5.75. The maximum Gasteiger partial charge on any atom is 0.151 e. The highest BCUT2D eigenvalue weighted by Gasteiger charge is 2.13. The molecule has 2 rings (SSSR count). The van der Waals surface area contributed by atoms with E-state index in [4.69, 9.17) is 4.74 Å². The number of aromatic nitrogens is 1. The molecular formula is C12H16N2O2. The van der Waals surface area contributed by atoms with E-state index in [-0.39, 0.29) is 0 Å². The Labute approximate surface area is 95.2 Å². The Balaban J connectivity index is 2.21. The van der Waals surface area contributed by atoms with E-state index in [1.165, 1.54) is 0 Å². The Bertz CT molecular complexity index is 371. The second-order valence-electron chi connectivity index (χ2n) is 3.98. The summed E-state index contributed by atoms with van der Waals surface area (Å²) in [7, 11) is 0. The van der Waals surface area contributed by atoms with E-state index in [2.05, 4.69) is 9.88 Å². The number of aryl methyl sites for hydroxylation is 1. The zero-order valence-corrected chi connectivity index (χ0v) is 9.48. The predicted molar refractivity (Wildman–Crippen MR) is 62.0 cm³/mol. The molecule has 1 aromatic heterocycles. The van der Waals surface area contributed by atoms with E-state index in [0.29, 0.717) is 5.56 Å². The van der Waals surface area contributed by atoms with Gasteiger partial charge in [0.1, 0.15) is 5.82 Å². The summed E-state index contributed by atoms with van der Waals surface area (Å²) in [6.45, 7) is 5.39. The molecule has 16 heavy (non-hydrogen) atoms. The molecule has 0 saturated carbocycles. The Morgan fingerprint density at radius 2 is 2.31 bits per heavy atom. The Morgan fingerprint density at radius 1 is 1.44 bits per heavy atom. The topological polar surface area (TPSA) is 42.4 Å². The molecule has 1 fully saturated rings. The van der Waals surface area contributed by atoms with Gasteiger partial charge in [0.2, 0.25) is 0 Å². The fourth-order valence-electron chi connectivity index (χ4n) is 1.94. The second kappa shape index (κ2) is 5.07. The van der Waals surface area contributed by atoms with Crippen molar-refractivity contribution >= 4 is 12.1 Å². The number of hydrogen-bond donors (Lipinski definition) is 0. The Hall–Kier alpha value is -1.42. The normalized spacial score (nSPS) is 16.9. The number of carbonyl (C=O) groups excluding carboxylic acids is 1. The molecule has 86 valence electrons. The van der Waals surface area contributed by atoms with Crippen molar-refractivity contribution < 1.29 is 9.53 Å². The van der Waals surface area contributed by atoms with Crippen molar-refractivity contribution in [2.24, 2.45) is 0 Å². The van der Waals surface area contributed by atoms with Gasteiger partial charge in [-0.05, 0) is 25.0 Å². The first-order valence-corrected chi connectivity index (χ1v) is 5.56. The maximum absolute atomic E-state index is 10.6. The van der Waals surface area contributed by atoms with E-state index in [1.54, 1.807) is 6.20 Å². The largest absolute Gasteiger partial charge is 0.380 e. The van der Waals surface area contributed by atoms with Gasteiger partial charge in [0.25, 0.3) is 0 Å². The first-order chi connectivity index (χ1) is 7.81. The first kappa shape index (κ1) is 11.1. The van der Waals surface area contributed by atoms with Gasteiger partial charge in [0, 0.05) is 31.5 Å². The summed E-state index contributed by atoms with van der Waals surface area (Å²) in [4.78, 5) is 17.2. The van der Waals surface area contributed by atoms with Crippen LogP contribution in [0.25, 0.3) is 0 Å². The van der Waals surface area contributed by atoms with Crippen LogP contribution in [0.2, 0.25) is 0 Å². The van der Waals surface area contributed by atoms with E-state index in [9.17, 15) is 4.79 Å². The summed E-state index contributed by atoms with van der Waals surface area (Å²) < 4.78 is 5.41. The van der Waals surface area contributed by atoms with Gasteiger partial charge in [-0.1, -0.05) is 0 Å². The summed E-state index contributed by atoms with van der Waals surface area (Å²) in [6.07, 6.45) is 3.48. The molecule has 1 aliphatic heterocycles. The molecule has 1 saturated heterocycles. The molecule has 4 nitrogen and oxygen atoms in total. The fraction of sp³-hybridized carbons (Fsp3) is 0.500. The summed E-state index contributed by atoms with van der Waals surface area (Å²) in [6, 6.07) is 1.88. The van der Waals surface area contributed by atoms with Gasteiger partial charge >= 0.3 is 0 Å². The SMILES string of the molecule is Cc1cc(C=O)cnc1N1CCCOCC1. The molecule has 0 amide bonds. The van der Waals surface area contributed by atoms with E-state index < -0.39 is 0 Å². The number of pyridine rings is 1. The van der Waals surface area contributed by atoms with Crippen LogP contribution in [0.3, 0.4) is 0 Å². The van der Waals surface area contributed by atoms with Gasteiger partial charge in [0.15, 0.2) is 6.29 Å². The highest BCUT2D eigenvalue weighted by Crippen LogP contribution is 2.18. The average molecular weight is 220 g/mol. The highest BCUT2D eigenvalue weighted by atomic mass is 16.5. The van der Waals surface area contributed by atoms with Crippen molar-refractivity contribution in [3.8, 4) is 0 Å². The lowest BCUT2D eigenvalue weighted by Gasteiger charge is -2.22. The van der Waals surface area contributed by atoms with Crippen LogP contribution < -0.4 is 4.90 Å². The minimum absolute atomic E-state index is 0.632. The van der Waals surface area contributed by atoms with Crippen molar-refractivity contribution in [3.63, 3.8) is 0 Å². The second-order valence-corrected chi connectivity index (χ2v) is 3.98. The van der Waals surface area contributed by atoms with Gasteiger partial charge in [-0.25, -0.2) is 4.98 Å². The zero-order valence-electron chi connectivity index (χ0n) is 9.48. The standard InChI is InChI=1S/C12H16N2O2/c1-10-7-11(9-15)8-13-12(10)14-3-2-5-16-6-4-14/h7-9H,2-6H2,1H3. The minimum Gasteiger partial charge on any atom is -0.380 e. The van der Waals surface area contributed by atoms with Crippen molar-refractivity contribution in [1.29, 1.82) is 0 Å². The van der Waals surface area contributed by atoms with Crippen LogP contribution in [0.4, 0.5) is 5.82 Å². The molecule has 0 aliphatic carbocycles. The number of ether oxygens (including phenoxy) is 1. The zero-order chi connectivity index (χ0) is 11.4. The van der Waals surface area contributed by atoms with Crippen LogP contribution in [0.5, 0.6) is 0 Å². The molecule has 4 heteroatoms. The fourth-order valence-corrected chi connectivity index (χ4v) is 1.94. The lowest BCUT2D eigenvalue weighted by Crippen LogP contribution is -2.27. The number of nitrogens with zero attached hydrogens (tertiary/aromatic N) is 2. The number of carbonyl (C=O) groups is 1. The van der Waals surface area contributed by atoms with Crippen LogP contribution >= 0.6 is 0 Å². The molecule has 0 unspecified atom stereocenters. The van der Waals surface area contributed by atoms with Gasteiger partial charge in [0.05, 0.1) is 6.61 Å². The predicted octanol–water partition coefficient (Wildman–Crippen LogP) is 1.43. The Kier molecular flexibility index (Phi) is 3.51. The lowest BCUT2D eigenvalue weighted by molar-refractivity contribution is 0.112. The van der Waals surface area contributed by atoms with Crippen molar-refractivity contribution in [2.75, 3.05) is 31.2 Å². The third-order valence-electron chi connectivity index (χ3n) is 2.73. The van der Waals surface area contributed by atoms with E-state index in [1.807, 2.05) is 13.0 Å². The van der Waals surface area contributed by atoms with Gasteiger partial charge < -0.3 is 9.64 Å². The molecule has 0 aromatic carbocycles. The third kappa shape index (κ3) is 2.39. The van der Waals surface area contributed by atoms with Gasteiger partial charge in [-0.2, -0.15) is 0 Å². The maximum atomic E-state index is 10.6. The van der Waals surface area contributed by atoms with Crippen LogP contribution in [0.1, 0.15) is 22.3 Å². The molecule has 0 radical (unpaired) electrons. The molecule has 0 bridgehead atoms. The smallest absolute Gasteiger partial charge is 0.151 e. The molecule has 1 aliphatic rings. The van der Waals surface area contributed by atoms with Crippen molar-refractivity contribution in [3.05, 3.63) is 23.4 Å². The van der Waals surface area contributed by atoms with Crippen LogP contribution in [-0.4, -0.2) is 37.6 Å².